The Labute approximate surface area is 96.1 Å². The Balaban J connectivity index is 2.70. The predicted molar refractivity (Wildman–Crippen MR) is 60.5 cm³/mol. The van der Waals surface area contributed by atoms with Crippen LogP contribution in [0.3, 0.4) is 0 Å². The smallest absolute Gasteiger partial charge is 0.251 e. The molecule has 0 aromatic heterocycles. The van der Waals surface area contributed by atoms with E-state index >= 15 is 0 Å². The second-order valence-corrected chi connectivity index (χ2v) is 4.76. The number of benzene rings is 1. The van der Waals surface area contributed by atoms with Gasteiger partial charge in [0.25, 0.3) is 5.91 Å². The second-order valence-electron chi connectivity index (χ2n) is 3.19. The molecule has 0 spiro atoms. The lowest BCUT2D eigenvalue weighted by Gasteiger charge is -2.07. The minimum absolute atomic E-state index is 0.187. The van der Waals surface area contributed by atoms with Crippen LogP contribution in [0.25, 0.3) is 0 Å². The summed E-state index contributed by atoms with van der Waals surface area (Å²) in [4.78, 5) is 11.7. The molecule has 0 fully saturated rings. The predicted octanol–water partition coefficient (Wildman–Crippen LogP) is 1.61. The monoisotopic (exact) mass is 273 g/mol. The molecule has 82 valence electrons. The number of halogens is 1. The van der Waals surface area contributed by atoms with Crippen LogP contribution in [-0.4, -0.2) is 27.5 Å². The van der Waals surface area contributed by atoms with E-state index in [4.69, 9.17) is 5.11 Å². The average molecular weight is 274 g/mol. The molecule has 1 aromatic carbocycles. The first-order valence-corrected chi connectivity index (χ1v) is 5.36. The van der Waals surface area contributed by atoms with Gasteiger partial charge in [0.2, 0.25) is 0 Å². The van der Waals surface area contributed by atoms with Gasteiger partial charge in [-0.3, -0.25) is 4.79 Å². The Morgan fingerprint density at radius 2 is 2.13 bits per heavy atom. The maximum Gasteiger partial charge on any atom is 0.251 e. The van der Waals surface area contributed by atoms with Gasteiger partial charge in [-0.15, -0.1) is 0 Å². The number of alkyl halides is 1. The molecule has 1 unspecified atom stereocenters. The summed E-state index contributed by atoms with van der Waals surface area (Å²) >= 11 is 3.30. The van der Waals surface area contributed by atoms with Crippen molar-refractivity contribution in [2.24, 2.45) is 0 Å². The van der Waals surface area contributed by atoms with Gasteiger partial charge in [-0.2, -0.15) is 0 Å². The third-order valence-electron chi connectivity index (χ3n) is 1.78. The van der Waals surface area contributed by atoms with Gasteiger partial charge in [-0.1, -0.05) is 22.9 Å². The summed E-state index contributed by atoms with van der Waals surface area (Å²) in [5, 5.41) is 20.9. The molecule has 0 radical (unpaired) electrons. The highest BCUT2D eigenvalue weighted by Gasteiger charge is 2.08. The van der Waals surface area contributed by atoms with E-state index in [-0.39, 0.29) is 22.2 Å². The van der Waals surface area contributed by atoms with Crippen LogP contribution in [0.1, 0.15) is 17.3 Å². The molecule has 0 aliphatic carbocycles. The molecule has 3 N–H and O–H groups in total. The highest BCUT2D eigenvalue weighted by Crippen LogP contribution is 2.24. The SMILES string of the molecule is CC(Br)CNC(=O)c1ccc(O)c(O)c1. The zero-order valence-electron chi connectivity index (χ0n) is 8.20. The number of phenolic OH excluding ortho intramolecular Hbond substituents is 2. The number of hydrogen-bond donors (Lipinski definition) is 3. The normalized spacial score (nSPS) is 12.1. The maximum atomic E-state index is 11.5. The Morgan fingerprint density at radius 1 is 1.47 bits per heavy atom. The van der Waals surface area contributed by atoms with Gasteiger partial charge in [0.05, 0.1) is 0 Å². The Bertz CT molecular complexity index is 366. The van der Waals surface area contributed by atoms with Crippen molar-refractivity contribution in [2.45, 2.75) is 11.8 Å². The lowest BCUT2D eigenvalue weighted by atomic mass is 10.2. The fourth-order valence-electron chi connectivity index (χ4n) is 1.00. The number of carbonyl (C=O) groups excluding carboxylic acids is 1. The number of amides is 1. The largest absolute Gasteiger partial charge is 0.504 e. The van der Waals surface area contributed by atoms with Gasteiger partial charge >= 0.3 is 0 Å². The fraction of sp³-hybridized carbons (Fsp3) is 0.300. The van der Waals surface area contributed by atoms with Crippen LogP contribution in [-0.2, 0) is 0 Å². The van der Waals surface area contributed by atoms with Crippen molar-refractivity contribution < 1.29 is 15.0 Å². The quantitative estimate of drug-likeness (QED) is 0.579. The lowest BCUT2D eigenvalue weighted by molar-refractivity contribution is 0.0954. The maximum absolute atomic E-state index is 11.5. The Hall–Kier alpha value is -1.23. The molecule has 0 bridgehead atoms. The highest BCUT2D eigenvalue weighted by molar-refractivity contribution is 9.09. The van der Waals surface area contributed by atoms with Crippen molar-refractivity contribution in [2.75, 3.05) is 6.54 Å². The van der Waals surface area contributed by atoms with Crippen LogP contribution in [0.5, 0.6) is 11.5 Å². The molecule has 1 atom stereocenters. The van der Waals surface area contributed by atoms with Gasteiger partial charge in [-0.25, -0.2) is 0 Å². The Morgan fingerprint density at radius 3 is 2.67 bits per heavy atom. The van der Waals surface area contributed by atoms with Gasteiger partial charge in [0, 0.05) is 16.9 Å². The number of aromatic hydroxyl groups is 2. The van der Waals surface area contributed by atoms with Crippen molar-refractivity contribution in [3.63, 3.8) is 0 Å². The van der Waals surface area contributed by atoms with E-state index in [2.05, 4.69) is 21.2 Å². The van der Waals surface area contributed by atoms with Crippen molar-refractivity contribution in [3.05, 3.63) is 23.8 Å². The third-order valence-corrected chi connectivity index (χ3v) is 2.11. The summed E-state index contributed by atoms with van der Waals surface area (Å²) in [6, 6.07) is 3.95. The van der Waals surface area contributed by atoms with Crippen molar-refractivity contribution in [1.82, 2.24) is 5.32 Å². The van der Waals surface area contributed by atoms with E-state index in [0.717, 1.165) is 0 Å². The minimum atomic E-state index is -0.297. The number of rotatable bonds is 3. The third kappa shape index (κ3) is 3.43. The van der Waals surface area contributed by atoms with Crippen molar-refractivity contribution in [1.29, 1.82) is 0 Å². The average Bonchev–Trinajstić information content (AvgIpc) is 2.18. The molecule has 1 aromatic rings. The van der Waals surface area contributed by atoms with Crippen LogP contribution in [0, 0.1) is 0 Å². The van der Waals surface area contributed by atoms with E-state index in [1.807, 2.05) is 6.92 Å². The van der Waals surface area contributed by atoms with Gasteiger partial charge < -0.3 is 15.5 Å². The summed E-state index contributed by atoms with van der Waals surface area (Å²) in [7, 11) is 0. The molecule has 0 aliphatic rings. The fourth-order valence-corrected chi connectivity index (χ4v) is 1.16. The van der Waals surface area contributed by atoms with E-state index in [1.54, 1.807) is 0 Å². The first kappa shape index (κ1) is 11.8. The molecule has 0 saturated heterocycles. The second kappa shape index (κ2) is 5.02. The number of hydrogen-bond acceptors (Lipinski definition) is 3. The van der Waals surface area contributed by atoms with Crippen LogP contribution in [0.4, 0.5) is 0 Å². The molecule has 0 saturated carbocycles. The Kier molecular flexibility index (Phi) is 3.96. The minimum Gasteiger partial charge on any atom is -0.504 e. The first-order chi connectivity index (χ1) is 7.00. The molecular formula is C10H12BrNO3. The highest BCUT2D eigenvalue weighted by atomic mass is 79.9. The molecule has 0 heterocycles. The molecular weight excluding hydrogens is 262 g/mol. The summed E-state index contributed by atoms with van der Waals surface area (Å²) in [6.45, 7) is 2.41. The standard InChI is InChI=1S/C10H12BrNO3/c1-6(11)5-12-10(15)7-2-3-8(13)9(14)4-7/h2-4,6,13-14H,5H2,1H3,(H,12,15). The van der Waals surface area contributed by atoms with Gasteiger partial charge in [0.1, 0.15) is 0 Å². The molecule has 5 heteroatoms. The van der Waals surface area contributed by atoms with Gasteiger partial charge in [0.15, 0.2) is 11.5 Å². The summed E-state index contributed by atoms with van der Waals surface area (Å²) in [6.07, 6.45) is 0. The molecule has 15 heavy (non-hydrogen) atoms. The van der Waals surface area contributed by atoms with Crippen molar-refractivity contribution >= 4 is 21.8 Å². The van der Waals surface area contributed by atoms with Crippen LogP contribution < -0.4 is 5.32 Å². The first-order valence-electron chi connectivity index (χ1n) is 4.45. The molecule has 1 rings (SSSR count). The zero-order valence-corrected chi connectivity index (χ0v) is 9.78. The number of nitrogens with one attached hydrogen (secondary N) is 1. The van der Waals surface area contributed by atoms with Crippen LogP contribution >= 0.6 is 15.9 Å². The zero-order chi connectivity index (χ0) is 11.4. The van der Waals surface area contributed by atoms with Crippen LogP contribution in [0.15, 0.2) is 18.2 Å². The summed E-state index contributed by atoms with van der Waals surface area (Å²) in [5.74, 6) is -0.813. The number of phenols is 2. The van der Waals surface area contributed by atoms with Crippen molar-refractivity contribution in [3.8, 4) is 11.5 Å². The van der Waals surface area contributed by atoms with E-state index in [1.165, 1.54) is 18.2 Å². The van der Waals surface area contributed by atoms with E-state index < -0.39 is 0 Å². The summed E-state index contributed by atoms with van der Waals surface area (Å²) < 4.78 is 0. The van der Waals surface area contributed by atoms with E-state index in [0.29, 0.717) is 12.1 Å². The topological polar surface area (TPSA) is 69.6 Å². The summed E-state index contributed by atoms with van der Waals surface area (Å²) in [5.41, 5.74) is 0.318. The molecule has 4 nitrogen and oxygen atoms in total. The number of carbonyl (C=O) groups is 1. The molecule has 1 amide bonds. The van der Waals surface area contributed by atoms with E-state index in [9.17, 15) is 9.90 Å². The molecule has 0 aliphatic heterocycles. The van der Waals surface area contributed by atoms with Crippen LogP contribution in [0.2, 0.25) is 0 Å². The van der Waals surface area contributed by atoms with Gasteiger partial charge in [-0.05, 0) is 18.2 Å². The lowest BCUT2D eigenvalue weighted by Crippen LogP contribution is -2.28.